The van der Waals surface area contributed by atoms with Crippen molar-refractivity contribution in [3.8, 4) is 0 Å². The Morgan fingerprint density at radius 3 is 1.47 bits per heavy atom. The molecule has 0 radical (unpaired) electrons. The van der Waals surface area contributed by atoms with E-state index in [4.69, 9.17) is 97.9 Å². The summed E-state index contributed by atoms with van der Waals surface area (Å²) in [5, 5.41) is 17.9. The first kappa shape index (κ1) is 136. The first-order valence-electron chi connectivity index (χ1n) is 31.7. The van der Waals surface area contributed by atoms with Gasteiger partial charge in [0, 0.05) is 19.0 Å². The predicted octanol–water partition coefficient (Wildman–Crippen LogP) is 37.2. The van der Waals surface area contributed by atoms with Crippen molar-refractivity contribution in [3.05, 3.63) is 68.8 Å². The average Bonchev–Trinajstić information content (AvgIpc) is 1.61. The van der Waals surface area contributed by atoms with Gasteiger partial charge >= 0.3 is 558 Å². The Labute approximate surface area is 1020 Å². The van der Waals surface area contributed by atoms with E-state index in [9.17, 15) is 28.7 Å². The van der Waals surface area contributed by atoms with Crippen molar-refractivity contribution in [2.75, 3.05) is 55.6 Å². The summed E-state index contributed by atoms with van der Waals surface area (Å²) in [4.78, 5) is 103. The molecule has 7 N–H and O–H groups in total. The van der Waals surface area contributed by atoms with Crippen LogP contribution in [0.15, 0.2) is 34.6 Å². The van der Waals surface area contributed by atoms with Gasteiger partial charge in [0.2, 0.25) is 24.3 Å². The molecular weight excluding hydrogens is 6320 g/mol. The summed E-state index contributed by atoms with van der Waals surface area (Å²) >= 11 is 84.1. The molecule has 4 bridgehead atoms. The van der Waals surface area contributed by atoms with Crippen molar-refractivity contribution in [3.63, 3.8) is 0 Å². The number of carbonyl (C=O) groups excluding carboxylic acids is 1. The molecule has 12 rings (SSSR count). The molecule has 87 heteroatoms. The van der Waals surface area contributed by atoms with E-state index in [0.29, 0.717) is 22.3 Å². The summed E-state index contributed by atoms with van der Waals surface area (Å²) in [5.74, 6) is -0.895. The standard InChI is InChI=1S/C24H28FN11O9P2S2.C17H19FN10O8P2S2.CH3I39.CH4/c1-12(2)21(37)31-24-30-20-17(22(38)32-24)33-34-36(20)23-18-16(25)14(44-23)9-43-47(49,40-6-4-26-3)41-7-5-35-15(10-42-46(39,48)45-18)29-13-8-27-11-28-19(13)35;18-10-8-4-33-37(30,39)32-2-1-27-9(22-7-3-20-6-21-13(7)27)5-34-38(31,40)36-12(10)16(35-8)28-14-11(25-26-28)15(29)24-17(19)23-14;1-22(2)24(5)26(7)28(9)30(11)32(13)34(15)36(17)38(19)40(21)39(20)37(18)35(16)33(14)31(12)29(10)27(8)25(6)23(3)4;/h8,11-12,14,16,18,23H,4-7,9-10H2,1-2H3,(H,39,48)(H2,30,31,32,37,38);3,6,8,10,12,16H,1-2,4-5H2,(H,30,39)(H,31,40)(H3,19,23,24,29);1H3;1H4/t14-,16-,18-,23-,46?,47?;8-,10-,12-,16-,37?,38?;;/m11../s1. The number of hydrogen-bond donors (Lipinski definition) is 7. The number of hydrogen-bond acceptors (Lipinski definition) is 31. The molecule has 2 saturated heterocycles. The molecule has 4 unspecified atom stereocenters. The molecule has 4 aliphatic rings. The minimum atomic E-state index is -4.33. The van der Waals surface area contributed by atoms with Crippen LogP contribution in [0.4, 0.5) is 20.7 Å². The Bertz CT molecular complexity index is 5530. The van der Waals surface area contributed by atoms with Crippen molar-refractivity contribution < 1.29 is 78.1 Å². The van der Waals surface area contributed by atoms with E-state index in [1.165, 1.54) is 25.0 Å². The second-order valence-corrected chi connectivity index (χ2v) is 940. The van der Waals surface area contributed by atoms with Gasteiger partial charge in [-0.2, -0.15) is 19.3 Å². The van der Waals surface area contributed by atoms with Crippen LogP contribution in [0, 0.1) is 12.5 Å². The number of anilines is 2. The molecule has 0 saturated carbocycles. The van der Waals surface area contributed by atoms with Crippen molar-refractivity contribution in [1.29, 1.82) is 0 Å². The largest absolute Gasteiger partial charge is 0.387 e. The number of imidazole rings is 2. The number of alkyl halides is 3. The summed E-state index contributed by atoms with van der Waals surface area (Å²) in [6.45, 7) is -7.81. The molecule has 8 aromatic rings. The number of amides is 1. The third-order valence-electron chi connectivity index (χ3n) is 14.6. The molecule has 2 fully saturated rings. The van der Waals surface area contributed by atoms with Crippen LogP contribution in [0.2, 0.25) is 0 Å². The van der Waals surface area contributed by atoms with Crippen LogP contribution in [-0.4, -0.2) is 186 Å². The maximum Gasteiger partial charge on any atom is 0.387 e. The molecular formula is C43H54F2I39N21O17P4S4. The second-order valence-electron chi connectivity index (χ2n) is 22.5. The van der Waals surface area contributed by atoms with Crippen LogP contribution in [-0.2, 0) is 121 Å². The molecule has 8 aromatic heterocycles. The Balaban J connectivity index is 0.000000221. The van der Waals surface area contributed by atoms with Gasteiger partial charge in [0.15, 0.2) is 58.4 Å². The zero-order valence-electron chi connectivity index (χ0n) is 61.2. The van der Waals surface area contributed by atoms with Gasteiger partial charge in [-0.15, -0.1) is 10.2 Å². The smallest absolute Gasteiger partial charge is 0.369 e. The maximum atomic E-state index is 16.3. The molecule has 0 aromatic carbocycles. The summed E-state index contributed by atoms with van der Waals surface area (Å²) < 4.78 is 113. The molecule has 130 heavy (non-hydrogen) atoms. The monoisotopic (exact) mass is 6380 g/mol. The number of aromatic amines is 2. The Hall–Kier alpha value is 22.8. The van der Waals surface area contributed by atoms with Gasteiger partial charge < -0.3 is 66.1 Å². The Morgan fingerprint density at radius 1 is 0.608 bits per heavy atom. The maximum absolute atomic E-state index is 16.3. The zero-order chi connectivity index (χ0) is 95.1. The van der Waals surface area contributed by atoms with Gasteiger partial charge in [-0.1, -0.05) is 43.9 Å². The minimum Gasteiger partial charge on any atom is -0.369 e. The number of rotatable bonds is 25. The number of thiol groups is 1. The van der Waals surface area contributed by atoms with E-state index in [1.54, 1.807) is 23.0 Å². The van der Waals surface area contributed by atoms with E-state index in [2.05, 4.69) is 470 Å². The molecule has 38 nitrogen and oxygen atoms in total. The number of H-pyrrole nitrogens is 2. The van der Waals surface area contributed by atoms with E-state index >= 15 is 8.78 Å². The molecule has 12 heterocycles. The topological polar surface area (TPSA) is 459 Å². The van der Waals surface area contributed by atoms with Gasteiger partial charge in [-0.05, 0) is 35.4 Å². The Kier molecular flexibility index (Phi) is 69.0. The van der Waals surface area contributed by atoms with Crippen LogP contribution >= 0.6 is 565 Å². The molecule has 764 valence electrons. The van der Waals surface area contributed by atoms with Crippen LogP contribution in [0.3, 0.4) is 0 Å². The molecule has 0 aliphatic carbocycles. The van der Waals surface area contributed by atoms with Crippen LogP contribution in [0.1, 0.15) is 45.4 Å². The third kappa shape index (κ3) is 39.5. The second kappa shape index (κ2) is 65.9. The molecule has 4 aliphatic heterocycles. The van der Waals surface area contributed by atoms with Crippen molar-refractivity contribution in [2.45, 2.75) is 96.8 Å². The quantitative estimate of drug-likeness (QED) is 0.00698. The first-order chi connectivity index (χ1) is 60.5. The number of carbonyl (C=O) groups is 1. The van der Waals surface area contributed by atoms with Gasteiger partial charge in [-0.3, -0.25) is 43.2 Å². The van der Waals surface area contributed by atoms with Gasteiger partial charge in [0.1, 0.15) is 79.6 Å². The van der Waals surface area contributed by atoms with Gasteiger partial charge in [-0.25, -0.2) is 49.8 Å². The molecule has 12 atom stereocenters. The SMILES string of the molecule is C.CI(I)I(I)I(I)I(I)I(I)I(I)I(I)I(I)I(I)I(I)I(I)I(I)I(I)I(I)I(I)I(I)I(I)I(I)I(I)I.Nc1nc2c(nnn2[C@@H]2O[C@@H]3COP(O)(=S)OCCn4c(nc5cncnc54)COP(=O)(S)O[C@@H]2[C@@H]3F)c(=O)[nH]1.[C-]#[N+]CCOP1(=S)OCCn2c(nc3cncnc32)COP(O)(=S)O[C@@H]2[C@H](F)[C@@H](CO1)O[C@H]2n1nnc2c(=O)[nH]c(NC(=O)C(C)C)nc21. The summed E-state index contributed by atoms with van der Waals surface area (Å²) in [5.41, 5.74) is 4.95. The third-order valence-corrected chi connectivity index (χ3v) is 2950. The fourth-order valence-electron chi connectivity index (χ4n) is 9.54. The summed E-state index contributed by atoms with van der Waals surface area (Å²) in [6, 6.07) is 0. The van der Waals surface area contributed by atoms with Crippen LogP contribution in [0.25, 0.3) is 49.5 Å². The number of halogens is 41. The number of nitrogen functional groups attached to an aromatic ring is 1. The summed E-state index contributed by atoms with van der Waals surface area (Å²) in [7, 11) is -9.06. The number of nitrogens with zero attached hydrogens (tertiary/aromatic N) is 17. The number of ether oxygens (including phenoxy) is 2. The first-order valence-corrected chi connectivity index (χ1v) is 283. The van der Waals surface area contributed by atoms with E-state index in [0.717, 1.165) is 9.36 Å². The van der Waals surface area contributed by atoms with E-state index in [-0.39, 0.29) is 92.8 Å². The normalized spacial score (nSPS) is 26.2. The average molecular weight is 6380 g/mol. The van der Waals surface area contributed by atoms with Gasteiger partial charge in [0.05, 0.1) is 38.8 Å². The van der Waals surface area contributed by atoms with Gasteiger partial charge in [0.25, 0.3) is 11.1 Å². The van der Waals surface area contributed by atoms with Crippen molar-refractivity contribution >= 4 is 663 Å². The fourth-order valence-corrected chi connectivity index (χ4v) is 7010. The summed E-state index contributed by atoms with van der Waals surface area (Å²) in [6.07, 6.45) is -7.89. The zero-order valence-corrected chi connectivity index (χ0v) is 152. The van der Waals surface area contributed by atoms with Crippen molar-refractivity contribution in [2.24, 2.45) is 5.92 Å². The number of nitrogens with one attached hydrogen (secondary N) is 3. The van der Waals surface area contributed by atoms with Crippen LogP contribution in [0.5, 0.6) is 0 Å². The van der Waals surface area contributed by atoms with E-state index < -0.39 is 280 Å². The van der Waals surface area contributed by atoms with Crippen molar-refractivity contribution in [1.82, 2.24) is 89.0 Å². The van der Waals surface area contributed by atoms with Crippen LogP contribution < -0.4 is 22.2 Å². The number of aromatic nitrogens is 18. The molecule has 0 spiro atoms. The fraction of sp³-hybridized carbons (Fsp3) is 0.535. The molecule has 1 amide bonds. The number of nitrogens with two attached hydrogens (primary N) is 1. The van der Waals surface area contributed by atoms with E-state index in [1.807, 2.05) is 0 Å². The predicted molar refractivity (Wildman–Crippen MR) is 872 cm³/mol. The Morgan fingerprint density at radius 2 is 1.02 bits per heavy atom. The minimum absolute atomic E-state index is 0. The number of fused-ring (bicyclic) bond motifs is 12.